The van der Waals surface area contributed by atoms with Crippen LogP contribution in [0.5, 0.6) is 0 Å². The van der Waals surface area contributed by atoms with Gasteiger partial charge < -0.3 is 15.4 Å². The van der Waals surface area contributed by atoms with E-state index < -0.39 is 0 Å². The minimum absolute atomic E-state index is 0.00345. The minimum Gasteiger partial charge on any atom is -0.376 e. The summed E-state index contributed by atoms with van der Waals surface area (Å²) in [6.07, 6.45) is 3.65. The van der Waals surface area contributed by atoms with Crippen LogP contribution in [0.1, 0.15) is 25.3 Å². The van der Waals surface area contributed by atoms with Crippen molar-refractivity contribution in [1.29, 1.82) is 0 Å². The second-order valence-corrected chi connectivity index (χ2v) is 5.45. The van der Waals surface area contributed by atoms with Crippen LogP contribution in [0.3, 0.4) is 0 Å². The lowest BCUT2D eigenvalue weighted by Gasteiger charge is -2.47. The normalized spacial score (nSPS) is 31.4. The summed E-state index contributed by atoms with van der Waals surface area (Å²) in [7, 11) is 0. The lowest BCUT2D eigenvalue weighted by Crippen LogP contribution is -2.59. The molecule has 3 heteroatoms. The molecule has 18 heavy (non-hydrogen) atoms. The SMILES string of the molecule is CC1OCCC1(CN)N1CCCc2ccccc21. The molecule has 0 aliphatic carbocycles. The Kier molecular flexibility index (Phi) is 3.04. The zero-order valence-corrected chi connectivity index (χ0v) is 11.1. The van der Waals surface area contributed by atoms with Crippen molar-refractivity contribution < 1.29 is 4.74 Å². The van der Waals surface area contributed by atoms with Crippen molar-refractivity contribution in [3.63, 3.8) is 0 Å². The van der Waals surface area contributed by atoms with Crippen LogP contribution in [-0.2, 0) is 11.2 Å². The van der Waals surface area contributed by atoms with Crippen LogP contribution in [0.4, 0.5) is 5.69 Å². The van der Waals surface area contributed by atoms with Gasteiger partial charge >= 0.3 is 0 Å². The maximum atomic E-state index is 6.13. The van der Waals surface area contributed by atoms with E-state index in [9.17, 15) is 0 Å². The number of nitrogens with zero attached hydrogens (tertiary/aromatic N) is 1. The van der Waals surface area contributed by atoms with Gasteiger partial charge in [-0.1, -0.05) is 18.2 Å². The molecule has 2 aliphatic rings. The van der Waals surface area contributed by atoms with Crippen LogP contribution in [0.15, 0.2) is 24.3 Å². The van der Waals surface area contributed by atoms with E-state index in [1.54, 1.807) is 0 Å². The van der Waals surface area contributed by atoms with Gasteiger partial charge in [-0.15, -0.1) is 0 Å². The fourth-order valence-electron chi connectivity index (χ4n) is 3.50. The van der Waals surface area contributed by atoms with Crippen molar-refractivity contribution in [1.82, 2.24) is 0 Å². The highest BCUT2D eigenvalue weighted by Crippen LogP contribution is 2.39. The molecule has 1 aromatic carbocycles. The Balaban J connectivity index is 2.02. The first kappa shape index (κ1) is 12.0. The predicted molar refractivity (Wildman–Crippen MR) is 73.9 cm³/mol. The topological polar surface area (TPSA) is 38.5 Å². The van der Waals surface area contributed by atoms with Gasteiger partial charge in [0.25, 0.3) is 0 Å². The molecule has 2 aliphatic heterocycles. The molecule has 98 valence electrons. The van der Waals surface area contributed by atoms with Crippen LogP contribution >= 0.6 is 0 Å². The van der Waals surface area contributed by atoms with Crippen LogP contribution in [-0.4, -0.2) is 31.3 Å². The molecule has 1 saturated heterocycles. The number of fused-ring (bicyclic) bond motifs is 1. The fourth-order valence-corrected chi connectivity index (χ4v) is 3.50. The van der Waals surface area contributed by atoms with E-state index in [1.165, 1.54) is 24.1 Å². The van der Waals surface area contributed by atoms with E-state index in [0.29, 0.717) is 6.54 Å². The van der Waals surface area contributed by atoms with Crippen LogP contribution in [0, 0.1) is 0 Å². The van der Waals surface area contributed by atoms with Crippen molar-refractivity contribution in [2.75, 3.05) is 24.6 Å². The number of rotatable bonds is 2. The summed E-state index contributed by atoms with van der Waals surface area (Å²) in [6, 6.07) is 8.73. The molecule has 3 rings (SSSR count). The number of hydrogen-bond donors (Lipinski definition) is 1. The van der Waals surface area contributed by atoms with Crippen molar-refractivity contribution in [3.8, 4) is 0 Å². The lowest BCUT2D eigenvalue weighted by atomic mass is 9.86. The molecular weight excluding hydrogens is 224 g/mol. The van der Waals surface area contributed by atoms with Gasteiger partial charge in [0.2, 0.25) is 0 Å². The van der Waals surface area contributed by atoms with Gasteiger partial charge in [0, 0.05) is 25.4 Å². The van der Waals surface area contributed by atoms with Gasteiger partial charge in [-0.25, -0.2) is 0 Å². The number of nitrogens with two attached hydrogens (primary N) is 1. The molecule has 1 aromatic rings. The molecule has 2 N–H and O–H groups in total. The number of benzene rings is 1. The minimum atomic E-state index is -0.00345. The molecular formula is C15H22N2O. The highest BCUT2D eigenvalue weighted by Gasteiger charge is 2.46. The zero-order chi connectivity index (χ0) is 12.6. The number of anilines is 1. The summed E-state index contributed by atoms with van der Waals surface area (Å²) < 4.78 is 5.81. The Bertz CT molecular complexity index is 434. The number of para-hydroxylation sites is 1. The van der Waals surface area contributed by atoms with Gasteiger partial charge in [-0.3, -0.25) is 0 Å². The summed E-state index contributed by atoms with van der Waals surface area (Å²) in [5.74, 6) is 0. The molecule has 2 atom stereocenters. The molecule has 0 spiro atoms. The standard InChI is InChI=1S/C15H22N2O/c1-12-15(11-16,8-10-18-12)17-9-4-6-13-5-2-3-7-14(13)17/h2-3,5,7,12H,4,6,8-11,16H2,1H3. The van der Waals surface area contributed by atoms with E-state index in [0.717, 1.165) is 19.6 Å². The summed E-state index contributed by atoms with van der Waals surface area (Å²) >= 11 is 0. The van der Waals surface area contributed by atoms with E-state index >= 15 is 0 Å². The maximum Gasteiger partial charge on any atom is 0.0804 e. The first-order valence-electron chi connectivity index (χ1n) is 6.95. The molecule has 0 saturated carbocycles. The van der Waals surface area contributed by atoms with Crippen LogP contribution < -0.4 is 10.6 Å². The van der Waals surface area contributed by atoms with Gasteiger partial charge in [0.15, 0.2) is 0 Å². The molecule has 2 unspecified atom stereocenters. The van der Waals surface area contributed by atoms with Crippen molar-refractivity contribution >= 4 is 5.69 Å². The number of aryl methyl sites for hydroxylation is 1. The van der Waals surface area contributed by atoms with E-state index in [4.69, 9.17) is 10.5 Å². The van der Waals surface area contributed by atoms with E-state index in [-0.39, 0.29) is 11.6 Å². The average Bonchev–Trinajstić information content (AvgIpc) is 2.80. The fraction of sp³-hybridized carbons (Fsp3) is 0.600. The van der Waals surface area contributed by atoms with Gasteiger partial charge in [0.1, 0.15) is 0 Å². The molecule has 2 heterocycles. The lowest BCUT2D eigenvalue weighted by molar-refractivity contribution is 0.0942. The molecule has 1 fully saturated rings. The first-order chi connectivity index (χ1) is 8.78. The van der Waals surface area contributed by atoms with Gasteiger partial charge in [0.05, 0.1) is 11.6 Å². The Morgan fingerprint density at radius 2 is 2.28 bits per heavy atom. The summed E-state index contributed by atoms with van der Waals surface area (Å²) in [5.41, 5.74) is 8.94. The summed E-state index contributed by atoms with van der Waals surface area (Å²) in [6.45, 7) is 4.76. The Hall–Kier alpha value is -1.06. The quantitative estimate of drug-likeness (QED) is 0.866. The monoisotopic (exact) mass is 246 g/mol. The Morgan fingerprint density at radius 3 is 3.00 bits per heavy atom. The average molecular weight is 246 g/mol. The smallest absolute Gasteiger partial charge is 0.0804 e. The third-order valence-corrected chi connectivity index (χ3v) is 4.66. The molecule has 0 radical (unpaired) electrons. The number of hydrogen-bond acceptors (Lipinski definition) is 3. The second-order valence-electron chi connectivity index (χ2n) is 5.45. The van der Waals surface area contributed by atoms with Crippen LogP contribution in [0.25, 0.3) is 0 Å². The predicted octanol–water partition coefficient (Wildman–Crippen LogP) is 1.95. The van der Waals surface area contributed by atoms with Gasteiger partial charge in [-0.05, 0) is 37.8 Å². The van der Waals surface area contributed by atoms with Gasteiger partial charge in [-0.2, -0.15) is 0 Å². The first-order valence-corrected chi connectivity index (χ1v) is 6.95. The molecule has 3 nitrogen and oxygen atoms in total. The van der Waals surface area contributed by atoms with Crippen molar-refractivity contribution in [2.24, 2.45) is 5.73 Å². The third kappa shape index (κ3) is 1.65. The molecule has 0 bridgehead atoms. The second kappa shape index (κ2) is 4.56. The van der Waals surface area contributed by atoms with E-state index in [2.05, 4.69) is 36.1 Å². The van der Waals surface area contributed by atoms with Crippen molar-refractivity contribution in [2.45, 2.75) is 37.8 Å². The molecule has 0 aromatic heterocycles. The summed E-state index contributed by atoms with van der Waals surface area (Å²) in [5, 5.41) is 0. The van der Waals surface area contributed by atoms with Crippen molar-refractivity contribution in [3.05, 3.63) is 29.8 Å². The largest absolute Gasteiger partial charge is 0.376 e. The number of ether oxygens (including phenoxy) is 1. The molecule has 0 amide bonds. The Morgan fingerprint density at radius 1 is 1.44 bits per heavy atom. The zero-order valence-electron chi connectivity index (χ0n) is 11.1. The van der Waals surface area contributed by atoms with E-state index in [1.807, 2.05) is 0 Å². The Labute approximate surface area is 109 Å². The highest BCUT2D eigenvalue weighted by molar-refractivity contribution is 5.58. The maximum absolute atomic E-state index is 6.13. The van der Waals surface area contributed by atoms with Crippen LogP contribution in [0.2, 0.25) is 0 Å². The summed E-state index contributed by atoms with van der Waals surface area (Å²) in [4.78, 5) is 2.52. The third-order valence-electron chi connectivity index (χ3n) is 4.66. The highest BCUT2D eigenvalue weighted by atomic mass is 16.5.